The van der Waals surface area contributed by atoms with Gasteiger partial charge in [-0.2, -0.15) is 0 Å². The topological polar surface area (TPSA) is 20.2 Å². The van der Waals surface area contributed by atoms with E-state index < -0.39 is 0 Å². The molecule has 22 heavy (non-hydrogen) atoms. The first-order valence-corrected chi connectivity index (χ1v) is 10.5. The first-order chi connectivity index (χ1) is 10.9. The minimum absolute atomic E-state index is 0.477. The van der Waals surface area contributed by atoms with Gasteiger partial charge in [0.25, 0.3) is 0 Å². The Morgan fingerprint density at radius 2 is 1.09 bits per heavy atom. The summed E-state index contributed by atoms with van der Waals surface area (Å²) in [5.41, 5.74) is 0.477. The van der Waals surface area contributed by atoms with E-state index in [0.717, 1.165) is 53.3 Å². The largest absolute Gasteiger partial charge is 0.396 e. The van der Waals surface area contributed by atoms with Crippen LogP contribution in [0.2, 0.25) is 0 Å². The Kier molecular flexibility index (Phi) is 1.06. The number of aliphatic hydroxyl groups is 1. The van der Waals surface area contributed by atoms with Crippen LogP contribution in [0.15, 0.2) is 0 Å². The fourth-order valence-electron chi connectivity index (χ4n) is 14.8. The Morgan fingerprint density at radius 1 is 0.545 bits per heavy atom. The van der Waals surface area contributed by atoms with Gasteiger partial charge in [0, 0.05) is 12.0 Å². The van der Waals surface area contributed by atoms with Crippen LogP contribution in [0, 0.1) is 106 Å². The zero-order valence-electron chi connectivity index (χ0n) is 12.9. The third kappa shape index (κ3) is 0.525. The molecule has 18 atom stereocenters. The van der Waals surface area contributed by atoms with E-state index in [9.17, 15) is 5.11 Å². The fourth-order valence-corrected chi connectivity index (χ4v) is 14.8. The first kappa shape index (κ1) is 10.1. The molecule has 0 aliphatic heterocycles. The van der Waals surface area contributed by atoms with Crippen LogP contribution in [-0.2, 0) is 0 Å². The lowest BCUT2D eigenvalue weighted by Gasteiger charge is -2.41. The van der Waals surface area contributed by atoms with Crippen molar-refractivity contribution in [1.29, 1.82) is 0 Å². The Labute approximate surface area is 131 Å². The normalized spacial score (nSPS) is 95.0. The molecule has 0 amide bonds. The first-order valence-electron chi connectivity index (χ1n) is 10.5. The van der Waals surface area contributed by atoms with Crippen molar-refractivity contribution in [1.82, 2.24) is 0 Å². The highest BCUT2D eigenvalue weighted by molar-refractivity contribution is 5.42. The summed E-state index contributed by atoms with van der Waals surface area (Å²) in [6.07, 6.45) is 3.28. The molecule has 10 saturated carbocycles. The Hall–Kier alpha value is -0.0400. The van der Waals surface area contributed by atoms with Crippen molar-refractivity contribution >= 4 is 0 Å². The van der Waals surface area contributed by atoms with E-state index in [-0.39, 0.29) is 0 Å². The van der Waals surface area contributed by atoms with E-state index in [4.69, 9.17) is 0 Å². The zero-order valence-corrected chi connectivity index (χ0v) is 12.9. The second kappa shape index (κ2) is 2.32. The highest BCUT2D eigenvalue weighted by Crippen LogP contribution is 2.99. The summed E-state index contributed by atoms with van der Waals surface area (Å²) in [6.45, 7) is 0.600. The monoisotopic (exact) mass is 292 g/mol. The maximum absolute atomic E-state index is 10.8. The van der Waals surface area contributed by atoms with Crippen LogP contribution >= 0.6 is 0 Å². The third-order valence-electron chi connectivity index (χ3n) is 13.2. The summed E-state index contributed by atoms with van der Waals surface area (Å²) in [5.74, 6) is 19.3. The van der Waals surface area contributed by atoms with E-state index in [0.29, 0.717) is 12.0 Å². The van der Waals surface area contributed by atoms with Crippen molar-refractivity contribution in [3.63, 3.8) is 0 Å². The molecule has 0 radical (unpaired) electrons. The number of aliphatic hydroxyl groups excluding tert-OH is 1. The number of hydrogen-bond acceptors (Lipinski definition) is 1. The standard InChI is InChI=1S/C21H24O/c22-3-21-18-6-1-4-8-5-2-7(18)12-10(5)15-13(8)14-9(4)11(6)19(21)16(14)17(15)20(12)21/h4-20,22H,1-3H2/t4-,5+,6-,7-,8?,9+,10-,11-,12-,13?,14+,15-,16+,17+,18?,19-,20-,21?/m1/s1. The predicted molar refractivity (Wildman–Crippen MR) is 78.1 cm³/mol. The van der Waals surface area contributed by atoms with Crippen LogP contribution in [0.25, 0.3) is 0 Å². The van der Waals surface area contributed by atoms with Gasteiger partial charge in [0.1, 0.15) is 0 Å². The molecule has 0 saturated heterocycles. The Morgan fingerprint density at radius 3 is 1.64 bits per heavy atom. The summed E-state index contributed by atoms with van der Waals surface area (Å²) < 4.78 is 0. The molecular weight excluding hydrogens is 268 g/mol. The lowest BCUT2D eigenvalue weighted by Crippen LogP contribution is -2.40. The van der Waals surface area contributed by atoms with Crippen LogP contribution in [0.3, 0.4) is 0 Å². The van der Waals surface area contributed by atoms with Crippen molar-refractivity contribution in [2.45, 2.75) is 12.8 Å². The van der Waals surface area contributed by atoms with E-state index in [1.807, 2.05) is 0 Å². The van der Waals surface area contributed by atoms with E-state index in [1.165, 1.54) is 47.3 Å². The molecule has 10 fully saturated rings. The molecule has 1 nitrogen and oxygen atoms in total. The van der Waals surface area contributed by atoms with Gasteiger partial charge < -0.3 is 5.11 Å². The second-order valence-electron chi connectivity index (χ2n) is 11.7. The average molecular weight is 292 g/mol. The second-order valence-corrected chi connectivity index (χ2v) is 11.7. The molecule has 0 bridgehead atoms. The van der Waals surface area contributed by atoms with Gasteiger partial charge in [-0.15, -0.1) is 0 Å². The van der Waals surface area contributed by atoms with Crippen LogP contribution < -0.4 is 0 Å². The van der Waals surface area contributed by atoms with Crippen molar-refractivity contribution < 1.29 is 5.11 Å². The molecule has 0 heterocycles. The number of rotatable bonds is 1. The van der Waals surface area contributed by atoms with E-state index in [2.05, 4.69) is 0 Å². The third-order valence-corrected chi connectivity index (χ3v) is 13.2. The minimum Gasteiger partial charge on any atom is -0.396 e. The summed E-state index contributed by atoms with van der Waals surface area (Å²) >= 11 is 0. The highest BCUT2D eigenvalue weighted by atomic mass is 16.3. The van der Waals surface area contributed by atoms with Crippen molar-refractivity contribution in [3.05, 3.63) is 0 Å². The quantitative estimate of drug-likeness (QED) is 0.786. The van der Waals surface area contributed by atoms with Gasteiger partial charge >= 0.3 is 0 Å². The van der Waals surface area contributed by atoms with Gasteiger partial charge in [-0.3, -0.25) is 0 Å². The average Bonchev–Trinajstić information content (AvgIpc) is 3.22. The molecule has 10 rings (SSSR count). The summed E-state index contributed by atoms with van der Waals surface area (Å²) in [4.78, 5) is 0. The minimum atomic E-state index is 0.477. The van der Waals surface area contributed by atoms with Crippen LogP contribution in [0.5, 0.6) is 0 Å². The maximum Gasteiger partial charge on any atom is 0.0496 e. The predicted octanol–water partition coefficient (Wildman–Crippen LogP) is 2.36. The van der Waals surface area contributed by atoms with Crippen LogP contribution in [-0.4, -0.2) is 11.7 Å². The lowest BCUT2D eigenvalue weighted by molar-refractivity contribution is 0.00217. The molecule has 1 heteroatoms. The van der Waals surface area contributed by atoms with Crippen molar-refractivity contribution in [2.24, 2.45) is 106 Å². The molecular formula is C21H24O. The molecule has 0 aromatic heterocycles. The molecule has 114 valence electrons. The summed E-state index contributed by atoms with van der Waals surface area (Å²) in [5, 5.41) is 10.8. The Bertz CT molecular complexity index is 655. The lowest BCUT2D eigenvalue weighted by atomic mass is 9.64. The van der Waals surface area contributed by atoms with Gasteiger partial charge in [0.2, 0.25) is 0 Å². The summed E-state index contributed by atoms with van der Waals surface area (Å²) in [7, 11) is 0. The molecule has 0 aromatic carbocycles. The van der Waals surface area contributed by atoms with Gasteiger partial charge in [-0.1, -0.05) is 0 Å². The van der Waals surface area contributed by atoms with E-state index in [1.54, 1.807) is 12.8 Å². The summed E-state index contributed by atoms with van der Waals surface area (Å²) in [6, 6.07) is 0. The molecule has 0 spiro atoms. The smallest absolute Gasteiger partial charge is 0.0496 e. The van der Waals surface area contributed by atoms with Crippen LogP contribution in [0.1, 0.15) is 12.8 Å². The van der Waals surface area contributed by atoms with Gasteiger partial charge in [-0.25, -0.2) is 0 Å². The molecule has 4 unspecified atom stereocenters. The molecule has 1 N–H and O–H groups in total. The molecule has 10 aliphatic carbocycles. The number of fused-ring (bicyclic) bond motifs is 4. The molecule has 0 aromatic rings. The van der Waals surface area contributed by atoms with Crippen molar-refractivity contribution in [2.75, 3.05) is 6.61 Å². The van der Waals surface area contributed by atoms with Gasteiger partial charge in [0.05, 0.1) is 0 Å². The van der Waals surface area contributed by atoms with Crippen LogP contribution in [0.4, 0.5) is 0 Å². The zero-order chi connectivity index (χ0) is 13.4. The fraction of sp³-hybridized carbons (Fsp3) is 1.00. The highest BCUT2D eigenvalue weighted by Gasteiger charge is 2.95. The van der Waals surface area contributed by atoms with Crippen molar-refractivity contribution in [3.8, 4) is 0 Å². The Balaban J connectivity index is 1.47. The van der Waals surface area contributed by atoms with E-state index >= 15 is 0 Å². The SMILES string of the molecule is OCC12C3[C@@H]4C[C@@H]5C6C7[C@@H]8[C@@H]5[C@@H]4[C@@H]1[C@@H]8[C@@H]1[C@@H]7[C@H]4[C@H]([C@H]12)[C@H]3C[C@@H]64. The maximum atomic E-state index is 10.8. The van der Waals surface area contributed by atoms with Gasteiger partial charge in [-0.05, 0) is 113 Å². The van der Waals surface area contributed by atoms with Gasteiger partial charge in [0.15, 0.2) is 0 Å². The number of hydrogen-bond donors (Lipinski definition) is 1. The molecule has 10 aliphatic rings.